The van der Waals surface area contributed by atoms with Gasteiger partial charge in [0.15, 0.2) is 11.6 Å². The highest BCUT2D eigenvalue weighted by molar-refractivity contribution is 5.30. The Kier molecular flexibility index (Phi) is 4.23. The average Bonchev–Trinajstić information content (AvgIpc) is 3.19. The lowest BCUT2D eigenvalue weighted by atomic mass is 10.0. The number of halogens is 1. The van der Waals surface area contributed by atoms with Crippen molar-refractivity contribution in [3.8, 4) is 5.75 Å². The smallest absolute Gasteiger partial charge is 0.165 e. The van der Waals surface area contributed by atoms with Crippen LogP contribution in [0.15, 0.2) is 18.2 Å². The fourth-order valence-corrected chi connectivity index (χ4v) is 2.46. The van der Waals surface area contributed by atoms with Crippen LogP contribution in [0.25, 0.3) is 0 Å². The molecule has 2 rings (SSSR count). The first-order valence-electron chi connectivity index (χ1n) is 6.75. The molecule has 1 fully saturated rings. The van der Waals surface area contributed by atoms with Crippen molar-refractivity contribution >= 4 is 0 Å². The van der Waals surface area contributed by atoms with Crippen LogP contribution < -0.4 is 10.1 Å². The summed E-state index contributed by atoms with van der Waals surface area (Å²) in [5.74, 6) is 0.837. The van der Waals surface area contributed by atoms with Gasteiger partial charge in [0, 0.05) is 12.1 Å². The summed E-state index contributed by atoms with van der Waals surface area (Å²) >= 11 is 0. The number of benzene rings is 1. The molecule has 0 bridgehead atoms. The SMILES string of the molecule is CCC(NC(C)c1ccc(OC)c(F)c1)C1CC1. The zero-order chi connectivity index (χ0) is 13.1. The first-order chi connectivity index (χ1) is 8.65. The van der Waals surface area contributed by atoms with Crippen molar-refractivity contribution in [2.75, 3.05) is 7.11 Å². The molecule has 0 amide bonds. The highest BCUT2D eigenvalue weighted by atomic mass is 19.1. The minimum atomic E-state index is -0.289. The molecule has 0 heterocycles. The van der Waals surface area contributed by atoms with E-state index in [-0.39, 0.29) is 11.9 Å². The topological polar surface area (TPSA) is 21.3 Å². The summed E-state index contributed by atoms with van der Waals surface area (Å²) in [5, 5.41) is 3.60. The second-order valence-electron chi connectivity index (χ2n) is 5.13. The van der Waals surface area contributed by atoms with E-state index in [1.807, 2.05) is 6.07 Å². The monoisotopic (exact) mass is 251 g/mol. The second kappa shape index (κ2) is 5.70. The van der Waals surface area contributed by atoms with Crippen molar-refractivity contribution in [3.05, 3.63) is 29.6 Å². The molecule has 18 heavy (non-hydrogen) atoms. The first-order valence-corrected chi connectivity index (χ1v) is 6.75. The highest BCUT2D eigenvalue weighted by Gasteiger charge is 2.30. The van der Waals surface area contributed by atoms with Gasteiger partial charge in [0.2, 0.25) is 0 Å². The summed E-state index contributed by atoms with van der Waals surface area (Å²) in [6.07, 6.45) is 3.79. The van der Waals surface area contributed by atoms with Crippen LogP contribution in [-0.4, -0.2) is 13.2 Å². The van der Waals surface area contributed by atoms with Gasteiger partial charge in [-0.1, -0.05) is 13.0 Å². The van der Waals surface area contributed by atoms with Gasteiger partial charge in [-0.3, -0.25) is 0 Å². The fourth-order valence-electron chi connectivity index (χ4n) is 2.46. The Hall–Kier alpha value is -1.09. The fraction of sp³-hybridized carbons (Fsp3) is 0.600. The molecule has 2 atom stereocenters. The van der Waals surface area contributed by atoms with Crippen LogP contribution in [0.2, 0.25) is 0 Å². The van der Waals surface area contributed by atoms with E-state index in [0.29, 0.717) is 11.8 Å². The summed E-state index contributed by atoms with van der Waals surface area (Å²) in [5.41, 5.74) is 0.979. The Bertz CT molecular complexity index is 403. The Labute approximate surface area is 109 Å². The maximum Gasteiger partial charge on any atom is 0.165 e. The van der Waals surface area contributed by atoms with Crippen LogP contribution >= 0.6 is 0 Å². The van der Waals surface area contributed by atoms with Crippen molar-refractivity contribution in [2.45, 2.75) is 45.2 Å². The third kappa shape index (κ3) is 3.02. The zero-order valence-corrected chi connectivity index (χ0v) is 11.4. The van der Waals surface area contributed by atoms with Crippen LogP contribution in [-0.2, 0) is 0 Å². The Morgan fingerprint density at radius 2 is 2.17 bits per heavy atom. The van der Waals surface area contributed by atoms with Crippen molar-refractivity contribution in [1.82, 2.24) is 5.32 Å². The van der Waals surface area contributed by atoms with Crippen molar-refractivity contribution in [1.29, 1.82) is 0 Å². The minimum Gasteiger partial charge on any atom is -0.494 e. The molecule has 100 valence electrons. The van der Waals surface area contributed by atoms with Gasteiger partial charge in [-0.15, -0.1) is 0 Å². The standard InChI is InChI=1S/C15H22FNO/c1-4-14(11-5-6-11)17-10(2)12-7-8-15(18-3)13(16)9-12/h7-11,14,17H,4-6H2,1-3H3. The van der Waals surface area contributed by atoms with E-state index < -0.39 is 0 Å². The summed E-state index contributed by atoms with van der Waals surface area (Å²) in [6.45, 7) is 4.30. The van der Waals surface area contributed by atoms with Crippen LogP contribution in [0.1, 0.15) is 44.7 Å². The lowest BCUT2D eigenvalue weighted by Crippen LogP contribution is -2.32. The van der Waals surface area contributed by atoms with E-state index >= 15 is 0 Å². The van der Waals surface area contributed by atoms with Gasteiger partial charge in [0.25, 0.3) is 0 Å². The Balaban J connectivity index is 2.03. The van der Waals surface area contributed by atoms with Crippen molar-refractivity contribution in [3.63, 3.8) is 0 Å². The predicted octanol–water partition coefficient (Wildman–Crippen LogP) is 3.67. The molecule has 2 unspecified atom stereocenters. The van der Waals surface area contributed by atoms with Crippen molar-refractivity contribution < 1.29 is 9.13 Å². The molecule has 0 spiro atoms. The van der Waals surface area contributed by atoms with Crippen LogP contribution in [0, 0.1) is 11.7 Å². The summed E-state index contributed by atoms with van der Waals surface area (Å²) < 4.78 is 18.6. The molecule has 1 aliphatic carbocycles. The molecular weight excluding hydrogens is 229 g/mol. The van der Waals surface area contributed by atoms with E-state index in [1.54, 1.807) is 12.1 Å². The molecule has 1 aromatic carbocycles. The molecule has 0 aliphatic heterocycles. The van der Waals surface area contributed by atoms with Gasteiger partial charge in [-0.05, 0) is 49.8 Å². The first kappa shape index (κ1) is 13.3. The molecule has 0 saturated heterocycles. The molecule has 1 saturated carbocycles. The van der Waals surface area contributed by atoms with Gasteiger partial charge in [-0.25, -0.2) is 4.39 Å². The third-order valence-electron chi connectivity index (χ3n) is 3.77. The quantitative estimate of drug-likeness (QED) is 0.833. The van der Waals surface area contributed by atoms with Gasteiger partial charge in [-0.2, -0.15) is 0 Å². The largest absolute Gasteiger partial charge is 0.494 e. The van der Waals surface area contributed by atoms with Gasteiger partial charge in [0.05, 0.1) is 7.11 Å². The predicted molar refractivity (Wildman–Crippen MR) is 71.3 cm³/mol. The Morgan fingerprint density at radius 3 is 2.67 bits per heavy atom. The number of rotatable bonds is 6. The number of hydrogen-bond acceptors (Lipinski definition) is 2. The van der Waals surface area contributed by atoms with Crippen LogP contribution in [0.5, 0.6) is 5.75 Å². The lowest BCUT2D eigenvalue weighted by Gasteiger charge is -2.22. The van der Waals surface area contributed by atoms with Gasteiger partial charge in [0.1, 0.15) is 0 Å². The highest BCUT2D eigenvalue weighted by Crippen LogP contribution is 2.35. The zero-order valence-electron chi connectivity index (χ0n) is 11.4. The van der Waals surface area contributed by atoms with Gasteiger partial charge >= 0.3 is 0 Å². The van der Waals surface area contributed by atoms with Crippen LogP contribution in [0.3, 0.4) is 0 Å². The molecular formula is C15H22FNO. The molecule has 0 radical (unpaired) electrons. The molecule has 1 aliphatic rings. The van der Waals surface area contributed by atoms with Crippen LogP contribution in [0.4, 0.5) is 4.39 Å². The number of ether oxygens (including phenoxy) is 1. The summed E-state index contributed by atoms with van der Waals surface area (Å²) in [7, 11) is 1.49. The molecule has 3 heteroatoms. The second-order valence-corrected chi connectivity index (χ2v) is 5.13. The summed E-state index contributed by atoms with van der Waals surface area (Å²) in [6, 6.07) is 5.93. The number of hydrogen-bond donors (Lipinski definition) is 1. The lowest BCUT2D eigenvalue weighted by molar-refractivity contribution is 0.382. The van der Waals surface area contributed by atoms with E-state index in [0.717, 1.165) is 17.9 Å². The average molecular weight is 251 g/mol. The number of methoxy groups -OCH3 is 1. The summed E-state index contributed by atoms with van der Waals surface area (Å²) in [4.78, 5) is 0. The maximum absolute atomic E-state index is 13.6. The van der Waals surface area contributed by atoms with E-state index in [4.69, 9.17) is 4.74 Å². The normalized spacial score (nSPS) is 18.4. The molecule has 1 aromatic rings. The van der Waals surface area contributed by atoms with E-state index in [9.17, 15) is 4.39 Å². The molecule has 0 aromatic heterocycles. The maximum atomic E-state index is 13.6. The van der Waals surface area contributed by atoms with Gasteiger partial charge < -0.3 is 10.1 Å². The molecule has 2 nitrogen and oxygen atoms in total. The third-order valence-corrected chi connectivity index (χ3v) is 3.77. The van der Waals surface area contributed by atoms with E-state index in [2.05, 4.69) is 19.2 Å². The molecule has 1 N–H and O–H groups in total. The number of nitrogens with one attached hydrogen (secondary N) is 1. The van der Waals surface area contributed by atoms with Crippen molar-refractivity contribution in [2.24, 2.45) is 5.92 Å². The van der Waals surface area contributed by atoms with E-state index in [1.165, 1.54) is 20.0 Å². The Morgan fingerprint density at radius 1 is 1.44 bits per heavy atom. The minimum absolute atomic E-state index is 0.177.